The molecule has 90 valence electrons. The molecule has 0 unspecified atom stereocenters. The van der Waals surface area contributed by atoms with E-state index in [9.17, 15) is 9.59 Å². The highest BCUT2D eigenvalue weighted by Gasteiger charge is 2.45. The molecule has 1 aromatic rings. The quantitative estimate of drug-likeness (QED) is 0.594. The van der Waals surface area contributed by atoms with Gasteiger partial charge < -0.3 is 5.73 Å². The van der Waals surface area contributed by atoms with Gasteiger partial charge in [-0.15, -0.1) is 0 Å². The number of nitrogen functional groups attached to an aromatic ring is 1. The van der Waals surface area contributed by atoms with E-state index in [1.54, 1.807) is 26.0 Å². The number of nitrogens with zero attached hydrogens (tertiary/aromatic N) is 1. The molecular weight excluding hydrogens is 216 g/mol. The zero-order valence-electron chi connectivity index (χ0n) is 10.3. The van der Waals surface area contributed by atoms with Crippen LogP contribution >= 0.6 is 0 Å². The van der Waals surface area contributed by atoms with Gasteiger partial charge in [-0.3, -0.25) is 9.59 Å². The van der Waals surface area contributed by atoms with Gasteiger partial charge in [-0.1, -0.05) is 19.9 Å². The minimum atomic E-state index is -0.614. The molecule has 1 heterocycles. The number of carbonyl (C=O) groups excluding carboxylic acids is 2. The molecule has 1 aromatic carbocycles. The van der Waals surface area contributed by atoms with Crippen LogP contribution < -0.4 is 10.6 Å². The lowest BCUT2D eigenvalue weighted by Gasteiger charge is -2.18. The summed E-state index contributed by atoms with van der Waals surface area (Å²) in [5, 5.41) is 0. The van der Waals surface area contributed by atoms with E-state index in [1.807, 2.05) is 13.0 Å². The van der Waals surface area contributed by atoms with Crippen molar-refractivity contribution in [2.24, 2.45) is 5.41 Å². The summed E-state index contributed by atoms with van der Waals surface area (Å²) in [5.41, 5.74) is 7.27. The third-order valence-electron chi connectivity index (χ3n) is 3.15. The molecule has 0 aliphatic carbocycles. The summed E-state index contributed by atoms with van der Waals surface area (Å²) in [6, 6.07) is 5.24. The van der Waals surface area contributed by atoms with Gasteiger partial charge in [0.2, 0.25) is 11.8 Å². The normalized spacial score (nSPS) is 18.9. The van der Waals surface area contributed by atoms with Crippen molar-refractivity contribution in [1.29, 1.82) is 0 Å². The van der Waals surface area contributed by atoms with Crippen molar-refractivity contribution in [3.8, 4) is 0 Å². The molecule has 2 amide bonds. The van der Waals surface area contributed by atoms with Gasteiger partial charge in [0, 0.05) is 12.1 Å². The molecule has 4 nitrogen and oxygen atoms in total. The Bertz CT molecular complexity index is 506. The predicted octanol–water partition coefficient (Wildman–Crippen LogP) is 1.87. The van der Waals surface area contributed by atoms with Crippen molar-refractivity contribution in [2.45, 2.75) is 27.2 Å². The van der Waals surface area contributed by atoms with Crippen molar-refractivity contribution in [2.75, 3.05) is 10.6 Å². The Morgan fingerprint density at radius 2 is 1.94 bits per heavy atom. The van der Waals surface area contributed by atoms with E-state index in [1.165, 1.54) is 4.90 Å². The molecule has 1 saturated heterocycles. The zero-order valence-corrected chi connectivity index (χ0v) is 10.3. The van der Waals surface area contributed by atoms with Crippen LogP contribution in [-0.2, 0) is 9.59 Å². The summed E-state index contributed by atoms with van der Waals surface area (Å²) in [4.78, 5) is 25.2. The van der Waals surface area contributed by atoms with Gasteiger partial charge in [-0.25, -0.2) is 4.90 Å². The highest BCUT2D eigenvalue weighted by molar-refractivity contribution is 6.22. The lowest BCUT2D eigenvalue weighted by molar-refractivity contribution is -0.124. The number of anilines is 2. The Balaban J connectivity index is 2.44. The smallest absolute Gasteiger partial charge is 0.239 e. The highest BCUT2D eigenvalue weighted by atomic mass is 16.2. The molecule has 0 radical (unpaired) electrons. The molecule has 17 heavy (non-hydrogen) atoms. The molecule has 2 rings (SSSR count). The molecular formula is C13H16N2O2. The molecule has 0 bridgehead atoms. The fourth-order valence-electron chi connectivity index (χ4n) is 1.98. The van der Waals surface area contributed by atoms with Gasteiger partial charge in [-0.05, 0) is 24.6 Å². The first kappa shape index (κ1) is 11.6. The third kappa shape index (κ3) is 1.79. The molecule has 1 aliphatic heterocycles. The maximum atomic E-state index is 12.1. The summed E-state index contributed by atoms with van der Waals surface area (Å²) >= 11 is 0. The first-order chi connectivity index (χ1) is 7.83. The SMILES string of the molecule is Cc1ccc(N2C(=O)CC(C)(C)C2=O)cc1N. The maximum Gasteiger partial charge on any atom is 0.239 e. The van der Waals surface area contributed by atoms with E-state index >= 15 is 0 Å². The number of hydrogen-bond acceptors (Lipinski definition) is 3. The first-order valence-electron chi connectivity index (χ1n) is 5.56. The minimum Gasteiger partial charge on any atom is -0.398 e. The number of carbonyl (C=O) groups is 2. The lowest BCUT2D eigenvalue weighted by atomic mass is 9.92. The third-order valence-corrected chi connectivity index (χ3v) is 3.15. The van der Waals surface area contributed by atoms with Crippen LogP contribution in [0.3, 0.4) is 0 Å². The largest absolute Gasteiger partial charge is 0.398 e. The van der Waals surface area contributed by atoms with E-state index in [0.29, 0.717) is 11.4 Å². The summed E-state index contributed by atoms with van der Waals surface area (Å²) in [5.74, 6) is -0.325. The summed E-state index contributed by atoms with van der Waals surface area (Å²) in [6.07, 6.45) is 0.250. The lowest BCUT2D eigenvalue weighted by Crippen LogP contribution is -2.33. The Kier molecular flexibility index (Phi) is 2.45. The summed E-state index contributed by atoms with van der Waals surface area (Å²) in [6.45, 7) is 5.45. The highest BCUT2D eigenvalue weighted by Crippen LogP contribution is 2.35. The van der Waals surface area contributed by atoms with E-state index in [-0.39, 0.29) is 18.2 Å². The fourth-order valence-corrected chi connectivity index (χ4v) is 1.98. The number of benzene rings is 1. The van der Waals surface area contributed by atoms with Crippen molar-refractivity contribution in [1.82, 2.24) is 0 Å². The van der Waals surface area contributed by atoms with E-state index in [2.05, 4.69) is 0 Å². The molecule has 0 aromatic heterocycles. The summed E-state index contributed by atoms with van der Waals surface area (Å²) < 4.78 is 0. The van der Waals surface area contributed by atoms with Crippen molar-refractivity contribution in [3.05, 3.63) is 23.8 Å². The van der Waals surface area contributed by atoms with Crippen LogP contribution in [0.1, 0.15) is 25.8 Å². The Morgan fingerprint density at radius 1 is 1.29 bits per heavy atom. The fraction of sp³-hybridized carbons (Fsp3) is 0.385. The Hall–Kier alpha value is -1.84. The number of hydrogen-bond donors (Lipinski definition) is 1. The van der Waals surface area contributed by atoms with E-state index < -0.39 is 5.41 Å². The second-order valence-corrected chi connectivity index (χ2v) is 5.14. The molecule has 0 atom stereocenters. The average Bonchev–Trinajstić information content (AvgIpc) is 2.42. The molecule has 0 spiro atoms. The van der Waals surface area contributed by atoms with E-state index in [0.717, 1.165) is 5.56 Å². The van der Waals surface area contributed by atoms with Gasteiger partial charge in [0.15, 0.2) is 0 Å². The van der Waals surface area contributed by atoms with Crippen molar-refractivity contribution < 1.29 is 9.59 Å². The van der Waals surface area contributed by atoms with Crippen LogP contribution in [-0.4, -0.2) is 11.8 Å². The van der Waals surface area contributed by atoms with Gasteiger partial charge in [-0.2, -0.15) is 0 Å². The maximum absolute atomic E-state index is 12.1. The first-order valence-corrected chi connectivity index (χ1v) is 5.56. The number of aryl methyl sites for hydroxylation is 1. The Labute approximate surface area is 100 Å². The van der Waals surface area contributed by atoms with Crippen LogP contribution in [0, 0.1) is 12.3 Å². The standard InChI is InChI=1S/C13H16N2O2/c1-8-4-5-9(6-10(8)14)15-11(16)7-13(2,3)12(15)17/h4-6H,7,14H2,1-3H3. The molecule has 4 heteroatoms. The van der Waals surface area contributed by atoms with Crippen LogP contribution in [0.2, 0.25) is 0 Å². The van der Waals surface area contributed by atoms with Gasteiger partial charge in [0.25, 0.3) is 0 Å². The predicted molar refractivity (Wildman–Crippen MR) is 66.5 cm³/mol. The van der Waals surface area contributed by atoms with Crippen molar-refractivity contribution >= 4 is 23.2 Å². The molecule has 0 saturated carbocycles. The summed E-state index contributed by atoms with van der Waals surface area (Å²) in [7, 11) is 0. The van der Waals surface area contributed by atoms with Crippen LogP contribution in [0.5, 0.6) is 0 Å². The topological polar surface area (TPSA) is 63.4 Å². The average molecular weight is 232 g/mol. The second-order valence-electron chi connectivity index (χ2n) is 5.14. The molecule has 1 fully saturated rings. The van der Waals surface area contributed by atoms with Crippen LogP contribution in [0.25, 0.3) is 0 Å². The van der Waals surface area contributed by atoms with E-state index in [4.69, 9.17) is 5.73 Å². The van der Waals surface area contributed by atoms with Gasteiger partial charge >= 0.3 is 0 Å². The number of nitrogens with two attached hydrogens (primary N) is 1. The van der Waals surface area contributed by atoms with Crippen LogP contribution in [0.15, 0.2) is 18.2 Å². The number of rotatable bonds is 1. The number of imide groups is 1. The Morgan fingerprint density at radius 3 is 2.41 bits per heavy atom. The monoisotopic (exact) mass is 232 g/mol. The zero-order chi connectivity index (χ0) is 12.8. The molecule has 2 N–H and O–H groups in total. The van der Waals surface area contributed by atoms with Crippen LogP contribution in [0.4, 0.5) is 11.4 Å². The van der Waals surface area contributed by atoms with Gasteiger partial charge in [0.1, 0.15) is 0 Å². The second kappa shape index (κ2) is 3.58. The number of amides is 2. The molecule has 1 aliphatic rings. The minimum absolute atomic E-state index is 0.161. The van der Waals surface area contributed by atoms with Crippen molar-refractivity contribution in [3.63, 3.8) is 0 Å². The van der Waals surface area contributed by atoms with Gasteiger partial charge in [0.05, 0.1) is 11.1 Å².